The number of nitrogens with zero attached hydrogens (tertiary/aromatic N) is 1. The van der Waals surface area contributed by atoms with Crippen molar-refractivity contribution < 1.29 is 12.8 Å². The summed E-state index contributed by atoms with van der Waals surface area (Å²) in [6.07, 6.45) is 0. The van der Waals surface area contributed by atoms with Crippen molar-refractivity contribution in [3.05, 3.63) is 59.6 Å². The van der Waals surface area contributed by atoms with E-state index in [9.17, 15) is 8.42 Å². The van der Waals surface area contributed by atoms with Crippen LogP contribution in [0.5, 0.6) is 0 Å². The summed E-state index contributed by atoms with van der Waals surface area (Å²) in [6.45, 7) is 2.36. The molecule has 0 aliphatic carbocycles. The molecule has 0 atom stereocenters. The minimum absolute atomic E-state index is 0.125. The highest BCUT2D eigenvalue weighted by Gasteiger charge is 2.28. The van der Waals surface area contributed by atoms with Gasteiger partial charge in [-0.15, -0.1) is 0 Å². The van der Waals surface area contributed by atoms with Crippen molar-refractivity contribution in [3.8, 4) is 11.5 Å². The first-order valence-electron chi connectivity index (χ1n) is 7.33. The summed E-state index contributed by atoms with van der Waals surface area (Å²) >= 11 is 5.88. The van der Waals surface area contributed by atoms with Gasteiger partial charge in [-0.3, -0.25) is 0 Å². The molecule has 24 heavy (non-hydrogen) atoms. The van der Waals surface area contributed by atoms with E-state index in [0.29, 0.717) is 17.1 Å². The van der Waals surface area contributed by atoms with E-state index >= 15 is 0 Å². The van der Waals surface area contributed by atoms with Gasteiger partial charge in [0.05, 0.1) is 4.90 Å². The molecule has 1 aromatic heterocycles. The maximum absolute atomic E-state index is 12.8. The van der Waals surface area contributed by atoms with E-state index in [1.807, 2.05) is 6.92 Å². The Hall–Kier alpha value is -2.31. The zero-order valence-electron chi connectivity index (χ0n) is 12.9. The first kappa shape index (κ1) is 16.5. The number of anilines is 1. The number of rotatable bonds is 5. The van der Waals surface area contributed by atoms with Crippen LogP contribution in [0.25, 0.3) is 11.5 Å². The fourth-order valence-corrected chi connectivity index (χ4v) is 3.61. The molecule has 3 aromatic rings. The van der Waals surface area contributed by atoms with Crippen LogP contribution in [0.1, 0.15) is 6.92 Å². The molecule has 0 saturated carbocycles. The number of hydrogen-bond acceptors (Lipinski definition) is 5. The zero-order valence-corrected chi connectivity index (χ0v) is 14.4. The Morgan fingerprint density at radius 1 is 1.08 bits per heavy atom. The topological polar surface area (TPSA) is 72.2 Å². The first-order valence-corrected chi connectivity index (χ1v) is 9.19. The molecule has 0 spiro atoms. The fourth-order valence-electron chi connectivity index (χ4n) is 2.19. The van der Waals surface area contributed by atoms with Crippen molar-refractivity contribution in [2.75, 3.05) is 11.9 Å². The van der Waals surface area contributed by atoms with Gasteiger partial charge in [0, 0.05) is 17.1 Å². The average molecular weight is 363 g/mol. The van der Waals surface area contributed by atoms with E-state index in [0.717, 1.165) is 0 Å². The lowest BCUT2D eigenvalue weighted by molar-refractivity contribution is 0.578. The Balaban J connectivity index is 2.12. The van der Waals surface area contributed by atoms with E-state index in [1.165, 1.54) is 12.1 Å². The molecule has 0 aliphatic heterocycles. The molecule has 1 heterocycles. The number of halogens is 1. The molecule has 3 rings (SSSR count). The summed E-state index contributed by atoms with van der Waals surface area (Å²) in [5, 5.41) is 3.37. The van der Waals surface area contributed by atoms with E-state index < -0.39 is 9.84 Å². The van der Waals surface area contributed by atoms with E-state index in [2.05, 4.69) is 10.3 Å². The summed E-state index contributed by atoms with van der Waals surface area (Å²) in [5.41, 5.74) is 0.646. The SMILES string of the molecule is CCNc1oc(-c2ccc(Cl)cc2)nc1S(=O)(=O)c1ccccc1. The average Bonchev–Trinajstić information content (AvgIpc) is 3.01. The first-order chi connectivity index (χ1) is 11.5. The number of hydrogen-bond donors (Lipinski definition) is 1. The van der Waals surface area contributed by atoms with Crippen molar-refractivity contribution >= 4 is 27.3 Å². The van der Waals surface area contributed by atoms with Gasteiger partial charge in [0.1, 0.15) is 0 Å². The van der Waals surface area contributed by atoms with Crippen molar-refractivity contribution in [1.82, 2.24) is 4.98 Å². The van der Waals surface area contributed by atoms with Gasteiger partial charge in [-0.1, -0.05) is 29.8 Å². The van der Waals surface area contributed by atoms with Crippen molar-refractivity contribution in [2.45, 2.75) is 16.8 Å². The third kappa shape index (κ3) is 3.16. The molecule has 0 bridgehead atoms. The Morgan fingerprint density at radius 2 is 1.75 bits per heavy atom. The number of oxazole rings is 1. The van der Waals surface area contributed by atoms with Crippen LogP contribution >= 0.6 is 11.6 Å². The van der Waals surface area contributed by atoms with Crippen LogP contribution in [0, 0.1) is 0 Å². The molecule has 1 N–H and O–H groups in total. The molecule has 5 nitrogen and oxygen atoms in total. The Labute approximate surface area is 145 Å². The van der Waals surface area contributed by atoms with Gasteiger partial charge in [-0.2, -0.15) is 4.98 Å². The zero-order chi connectivity index (χ0) is 17.2. The maximum atomic E-state index is 12.8. The van der Waals surface area contributed by atoms with E-state index in [1.54, 1.807) is 42.5 Å². The van der Waals surface area contributed by atoms with Gasteiger partial charge in [-0.05, 0) is 43.3 Å². The van der Waals surface area contributed by atoms with Gasteiger partial charge >= 0.3 is 0 Å². The third-order valence-electron chi connectivity index (χ3n) is 3.33. The summed E-state index contributed by atoms with van der Waals surface area (Å²) in [6, 6.07) is 15.0. The van der Waals surface area contributed by atoms with Crippen molar-refractivity contribution in [3.63, 3.8) is 0 Å². The number of nitrogens with one attached hydrogen (secondary N) is 1. The highest BCUT2D eigenvalue weighted by atomic mass is 35.5. The summed E-state index contributed by atoms with van der Waals surface area (Å²) in [5.74, 6) is 0.350. The van der Waals surface area contributed by atoms with Crippen LogP contribution in [0.3, 0.4) is 0 Å². The standard InChI is InChI=1S/C17H15ClN2O3S/c1-2-19-16-17(24(21,22)14-6-4-3-5-7-14)20-15(23-16)12-8-10-13(18)11-9-12/h3-11,19H,2H2,1H3. The van der Waals surface area contributed by atoms with E-state index in [4.69, 9.17) is 16.0 Å². The van der Waals surface area contributed by atoms with Crippen molar-refractivity contribution in [1.29, 1.82) is 0 Å². The van der Waals surface area contributed by atoms with Gasteiger partial charge in [0.15, 0.2) is 0 Å². The predicted octanol–water partition coefficient (Wildman–Crippen LogP) is 4.26. The normalized spacial score (nSPS) is 11.4. The van der Waals surface area contributed by atoms with Gasteiger partial charge in [-0.25, -0.2) is 8.42 Å². The number of sulfone groups is 1. The summed E-state index contributed by atoms with van der Waals surface area (Å²) < 4.78 is 31.3. The molecule has 0 radical (unpaired) electrons. The lowest BCUT2D eigenvalue weighted by Crippen LogP contribution is -2.06. The summed E-state index contributed by atoms with van der Waals surface area (Å²) in [7, 11) is -3.78. The molecule has 0 unspecified atom stereocenters. The largest absolute Gasteiger partial charge is 0.419 e. The summed E-state index contributed by atoms with van der Waals surface area (Å²) in [4.78, 5) is 4.38. The van der Waals surface area contributed by atoms with Crippen LogP contribution in [-0.2, 0) is 9.84 Å². The van der Waals surface area contributed by atoms with Crippen molar-refractivity contribution in [2.24, 2.45) is 0 Å². The molecule has 0 aliphatic rings. The Kier molecular flexibility index (Phi) is 4.59. The molecule has 7 heteroatoms. The second-order valence-electron chi connectivity index (χ2n) is 5.01. The van der Waals surface area contributed by atoms with Gasteiger partial charge in [0.25, 0.3) is 0 Å². The fraction of sp³-hybridized carbons (Fsp3) is 0.118. The molecule has 0 saturated heterocycles. The van der Waals surface area contributed by atoms with Gasteiger partial charge < -0.3 is 9.73 Å². The van der Waals surface area contributed by atoms with E-state index in [-0.39, 0.29) is 21.7 Å². The molecule has 0 fully saturated rings. The second-order valence-corrected chi connectivity index (χ2v) is 7.31. The molecule has 0 amide bonds. The molecular weight excluding hydrogens is 348 g/mol. The van der Waals surface area contributed by atoms with Crippen LogP contribution in [0.2, 0.25) is 5.02 Å². The van der Waals surface area contributed by atoms with Crippen LogP contribution < -0.4 is 5.32 Å². The smallest absolute Gasteiger partial charge is 0.233 e. The molecule has 2 aromatic carbocycles. The quantitative estimate of drug-likeness (QED) is 0.734. The highest BCUT2D eigenvalue weighted by Crippen LogP contribution is 2.32. The Morgan fingerprint density at radius 3 is 2.38 bits per heavy atom. The van der Waals surface area contributed by atoms with Crippen LogP contribution in [-0.4, -0.2) is 19.9 Å². The second kappa shape index (κ2) is 6.67. The molecular formula is C17H15ClN2O3S. The minimum Gasteiger partial charge on any atom is -0.419 e. The number of aromatic nitrogens is 1. The highest BCUT2D eigenvalue weighted by molar-refractivity contribution is 7.91. The molecule has 124 valence electrons. The van der Waals surface area contributed by atoms with Crippen LogP contribution in [0.15, 0.2) is 68.9 Å². The predicted molar refractivity (Wildman–Crippen MR) is 93.0 cm³/mol. The van der Waals surface area contributed by atoms with Gasteiger partial charge in [0.2, 0.25) is 26.6 Å². The Bertz CT molecular complexity index is 936. The third-order valence-corrected chi connectivity index (χ3v) is 5.26. The number of benzene rings is 2. The maximum Gasteiger partial charge on any atom is 0.233 e. The lowest BCUT2D eigenvalue weighted by atomic mass is 10.2. The minimum atomic E-state index is -3.78. The van der Waals surface area contributed by atoms with Crippen LogP contribution in [0.4, 0.5) is 5.88 Å². The monoisotopic (exact) mass is 362 g/mol. The lowest BCUT2D eigenvalue weighted by Gasteiger charge is -2.03.